The summed E-state index contributed by atoms with van der Waals surface area (Å²) in [5.41, 5.74) is 4.56. The summed E-state index contributed by atoms with van der Waals surface area (Å²) >= 11 is 6.02. The van der Waals surface area contributed by atoms with Crippen LogP contribution in [0.2, 0.25) is 5.02 Å². The Labute approximate surface area is 187 Å². The number of aromatic amines is 1. The van der Waals surface area contributed by atoms with Gasteiger partial charge in [0, 0.05) is 5.02 Å². The van der Waals surface area contributed by atoms with Crippen LogP contribution in [0, 0.1) is 0 Å². The number of nitrogens with zero attached hydrogens (tertiary/aromatic N) is 2. The number of nitrogens with one attached hydrogen (secondary N) is 2. The lowest BCUT2D eigenvalue weighted by atomic mass is 10.0. The second-order valence-electron chi connectivity index (χ2n) is 7.07. The fraction of sp³-hybridized carbons (Fsp3) is 0.0870. The first-order chi connectivity index (χ1) is 15.6. The molecule has 2 heterocycles. The SMILES string of the molecule is O=c1[nH]c2cc(Cl)ccc2nc1/C(=N\Nc1ccccc1)[C@@H](O)c1ccc2c(c1)OCO2. The molecule has 0 bridgehead atoms. The highest BCUT2D eigenvalue weighted by Gasteiger charge is 2.25. The number of halogens is 1. The molecule has 4 aromatic rings. The molecule has 160 valence electrons. The zero-order valence-corrected chi connectivity index (χ0v) is 17.3. The molecule has 1 atom stereocenters. The van der Waals surface area contributed by atoms with Crippen LogP contribution in [0.3, 0.4) is 0 Å². The molecule has 0 amide bonds. The van der Waals surface area contributed by atoms with Crippen LogP contribution in [0.4, 0.5) is 5.69 Å². The first kappa shape index (κ1) is 20.0. The molecule has 9 heteroatoms. The standard InChI is InChI=1S/C23H17ClN4O4/c24-14-7-8-16-17(11-14)26-23(30)21(25-16)20(28-27-15-4-2-1-3-5-15)22(29)13-6-9-18-19(10-13)32-12-31-18/h1-11,22,27,29H,12H2,(H,26,30)/b28-20+/t22-/m0/s1. The van der Waals surface area contributed by atoms with E-state index < -0.39 is 11.7 Å². The van der Waals surface area contributed by atoms with Crippen LogP contribution in [-0.4, -0.2) is 27.6 Å². The van der Waals surface area contributed by atoms with E-state index in [1.165, 1.54) is 0 Å². The molecular weight excluding hydrogens is 432 g/mol. The lowest BCUT2D eigenvalue weighted by Crippen LogP contribution is -2.26. The van der Waals surface area contributed by atoms with E-state index in [0.717, 1.165) is 0 Å². The van der Waals surface area contributed by atoms with Gasteiger partial charge in [-0.1, -0.05) is 35.9 Å². The first-order valence-corrected chi connectivity index (χ1v) is 10.1. The number of para-hydroxylation sites is 1. The molecule has 3 aromatic carbocycles. The Morgan fingerprint density at radius 3 is 2.75 bits per heavy atom. The third-order valence-electron chi connectivity index (χ3n) is 4.95. The molecule has 1 aliphatic heterocycles. The van der Waals surface area contributed by atoms with E-state index >= 15 is 0 Å². The molecule has 0 fully saturated rings. The normalized spacial score (nSPS) is 13.9. The number of benzene rings is 3. The van der Waals surface area contributed by atoms with Crippen molar-refractivity contribution in [1.82, 2.24) is 9.97 Å². The zero-order chi connectivity index (χ0) is 22.1. The lowest BCUT2D eigenvalue weighted by molar-refractivity contribution is 0.173. The fourth-order valence-electron chi connectivity index (χ4n) is 3.35. The van der Waals surface area contributed by atoms with Gasteiger partial charge in [0.05, 0.1) is 16.7 Å². The smallest absolute Gasteiger partial charge is 0.276 e. The van der Waals surface area contributed by atoms with Crippen molar-refractivity contribution in [2.45, 2.75) is 6.10 Å². The van der Waals surface area contributed by atoms with E-state index in [4.69, 9.17) is 21.1 Å². The quantitative estimate of drug-likeness (QED) is 0.316. The number of aromatic nitrogens is 2. The van der Waals surface area contributed by atoms with Crippen molar-refractivity contribution in [3.8, 4) is 11.5 Å². The highest BCUT2D eigenvalue weighted by atomic mass is 35.5. The van der Waals surface area contributed by atoms with Crippen molar-refractivity contribution in [2.75, 3.05) is 12.2 Å². The van der Waals surface area contributed by atoms with Crippen LogP contribution in [0.5, 0.6) is 11.5 Å². The molecule has 8 nitrogen and oxygen atoms in total. The number of hydrogen-bond acceptors (Lipinski definition) is 7. The minimum absolute atomic E-state index is 0.0200. The fourth-order valence-corrected chi connectivity index (χ4v) is 3.53. The molecule has 1 aliphatic rings. The Morgan fingerprint density at radius 1 is 1.09 bits per heavy atom. The van der Waals surface area contributed by atoms with E-state index in [9.17, 15) is 9.90 Å². The molecule has 1 aromatic heterocycles. The monoisotopic (exact) mass is 448 g/mol. The number of aliphatic hydroxyl groups excluding tert-OH is 1. The molecule has 5 rings (SSSR count). The first-order valence-electron chi connectivity index (χ1n) is 9.75. The Bertz CT molecular complexity index is 1390. The van der Waals surface area contributed by atoms with Crippen LogP contribution < -0.4 is 20.5 Å². The summed E-state index contributed by atoms with van der Waals surface area (Å²) in [5, 5.41) is 16.0. The minimum Gasteiger partial charge on any atom is -0.454 e. The Morgan fingerprint density at radius 2 is 1.91 bits per heavy atom. The molecule has 32 heavy (non-hydrogen) atoms. The summed E-state index contributed by atoms with van der Waals surface area (Å²) in [6.45, 7) is 0.111. The topological polar surface area (TPSA) is 109 Å². The molecule has 0 saturated heterocycles. The Kier molecular flexibility index (Phi) is 5.22. The second-order valence-corrected chi connectivity index (χ2v) is 7.50. The van der Waals surface area contributed by atoms with Gasteiger partial charge >= 0.3 is 0 Å². The maximum absolute atomic E-state index is 12.9. The van der Waals surface area contributed by atoms with Crippen molar-refractivity contribution in [3.05, 3.63) is 93.4 Å². The van der Waals surface area contributed by atoms with E-state index in [1.54, 1.807) is 36.4 Å². The van der Waals surface area contributed by atoms with Gasteiger partial charge in [0.1, 0.15) is 11.8 Å². The molecule has 3 N–H and O–H groups in total. The lowest BCUT2D eigenvalue weighted by Gasteiger charge is -2.15. The molecule has 0 saturated carbocycles. The number of rotatable bonds is 5. The van der Waals surface area contributed by atoms with Crippen LogP contribution in [-0.2, 0) is 0 Å². The summed E-state index contributed by atoms with van der Waals surface area (Å²) in [6, 6.07) is 19.2. The van der Waals surface area contributed by atoms with Crippen LogP contribution >= 0.6 is 11.6 Å². The maximum atomic E-state index is 12.9. The van der Waals surface area contributed by atoms with Crippen molar-refractivity contribution in [3.63, 3.8) is 0 Å². The minimum atomic E-state index is -1.26. The number of H-pyrrole nitrogens is 1. The second kappa shape index (κ2) is 8.33. The predicted molar refractivity (Wildman–Crippen MR) is 122 cm³/mol. The van der Waals surface area contributed by atoms with Gasteiger partial charge in [-0.05, 0) is 48.0 Å². The molecule has 0 unspecified atom stereocenters. The van der Waals surface area contributed by atoms with E-state index in [0.29, 0.717) is 38.8 Å². The molecule has 0 radical (unpaired) electrons. The van der Waals surface area contributed by atoms with Gasteiger partial charge in [-0.15, -0.1) is 0 Å². The summed E-state index contributed by atoms with van der Waals surface area (Å²) in [5.74, 6) is 1.09. The Hall–Kier alpha value is -3.88. The van der Waals surface area contributed by atoms with Gasteiger partial charge < -0.3 is 19.6 Å². The summed E-state index contributed by atoms with van der Waals surface area (Å²) in [6.07, 6.45) is -1.26. The molecule has 0 aliphatic carbocycles. The van der Waals surface area contributed by atoms with Crippen molar-refractivity contribution < 1.29 is 14.6 Å². The summed E-state index contributed by atoms with van der Waals surface area (Å²) < 4.78 is 10.7. The average molecular weight is 449 g/mol. The van der Waals surface area contributed by atoms with Crippen LogP contribution in [0.1, 0.15) is 17.4 Å². The highest BCUT2D eigenvalue weighted by Crippen LogP contribution is 2.34. The van der Waals surface area contributed by atoms with E-state index in [1.807, 2.05) is 30.3 Å². The molecule has 0 spiro atoms. The van der Waals surface area contributed by atoms with Gasteiger partial charge in [0.25, 0.3) is 5.56 Å². The van der Waals surface area contributed by atoms with Crippen LogP contribution in [0.15, 0.2) is 76.6 Å². The van der Waals surface area contributed by atoms with Crippen molar-refractivity contribution >= 4 is 34.0 Å². The van der Waals surface area contributed by atoms with Crippen LogP contribution in [0.25, 0.3) is 11.0 Å². The third kappa shape index (κ3) is 3.89. The van der Waals surface area contributed by atoms with Gasteiger partial charge in [-0.25, -0.2) is 4.98 Å². The van der Waals surface area contributed by atoms with Crippen molar-refractivity contribution in [2.24, 2.45) is 5.10 Å². The third-order valence-corrected chi connectivity index (χ3v) is 5.18. The number of ether oxygens (including phenoxy) is 2. The number of hydrogen-bond donors (Lipinski definition) is 3. The summed E-state index contributed by atoms with van der Waals surface area (Å²) in [4.78, 5) is 20.1. The Balaban J connectivity index is 1.61. The number of fused-ring (bicyclic) bond motifs is 2. The number of hydrazone groups is 1. The van der Waals surface area contributed by atoms with Gasteiger partial charge in [0.2, 0.25) is 6.79 Å². The van der Waals surface area contributed by atoms with Crippen molar-refractivity contribution in [1.29, 1.82) is 0 Å². The maximum Gasteiger partial charge on any atom is 0.276 e. The predicted octanol–water partition coefficient (Wildman–Crippen LogP) is 3.86. The largest absolute Gasteiger partial charge is 0.454 e. The average Bonchev–Trinajstić information content (AvgIpc) is 3.28. The summed E-state index contributed by atoms with van der Waals surface area (Å²) in [7, 11) is 0. The number of anilines is 1. The highest BCUT2D eigenvalue weighted by molar-refractivity contribution is 6.31. The van der Waals surface area contributed by atoms with Gasteiger partial charge in [-0.2, -0.15) is 5.10 Å². The zero-order valence-electron chi connectivity index (χ0n) is 16.6. The molecular formula is C23H17ClN4O4. The van der Waals surface area contributed by atoms with Gasteiger partial charge in [0.15, 0.2) is 17.2 Å². The van der Waals surface area contributed by atoms with Gasteiger partial charge in [-0.3, -0.25) is 10.2 Å². The van der Waals surface area contributed by atoms with E-state index in [-0.39, 0.29) is 18.2 Å². The number of aliphatic hydroxyl groups is 1. The van der Waals surface area contributed by atoms with E-state index in [2.05, 4.69) is 20.5 Å².